The van der Waals surface area contributed by atoms with E-state index in [4.69, 9.17) is 5.21 Å². The molecule has 1 rings (SSSR count). The Morgan fingerprint density at radius 2 is 1.74 bits per heavy atom. The van der Waals surface area contributed by atoms with E-state index in [9.17, 15) is 18.0 Å². The fourth-order valence-corrected chi connectivity index (χ4v) is 2.71. The molecule has 0 heterocycles. The van der Waals surface area contributed by atoms with Crippen LogP contribution in [-0.4, -0.2) is 32.1 Å². The summed E-state index contributed by atoms with van der Waals surface area (Å²) in [4.78, 5) is 22.4. The van der Waals surface area contributed by atoms with E-state index in [0.717, 1.165) is 5.56 Å². The summed E-state index contributed by atoms with van der Waals surface area (Å²) in [6.07, 6.45) is 2.02. The molecule has 0 aliphatic carbocycles. The van der Waals surface area contributed by atoms with Crippen molar-refractivity contribution in [3.05, 3.63) is 29.8 Å². The standard InChI is InChI=1S/C14H21N3O5S/c1-11-6-8-12(9-7-11)23(21,22)17-14(19)15-10-4-2-3-5-13(18)16-20/h6-9,20H,2-5,10H2,1H3,(H,16,18)(H2,15,17,19). The topological polar surface area (TPSA) is 125 Å². The molecule has 0 unspecified atom stereocenters. The Labute approximate surface area is 135 Å². The van der Waals surface area contributed by atoms with Crippen molar-refractivity contribution in [1.29, 1.82) is 0 Å². The van der Waals surface area contributed by atoms with E-state index in [1.807, 2.05) is 11.6 Å². The van der Waals surface area contributed by atoms with Crippen molar-refractivity contribution in [1.82, 2.24) is 15.5 Å². The van der Waals surface area contributed by atoms with Crippen LogP contribution in [0.3, 0.4) is 0 Å². The average Bonchev–Trinajstić information content (AvgIpc) is 2.50. The number of hydrogen-bond acceptors (Lipinski definition) is 5. The van der Waals surface area contributed by atoms with E-state index < -0.39 is 22.0 Å². The zero-order valence-electron chi connectivity index (χ0n) is 12.8. The number of hydroxylamine groups is 1. The molecule has 0 aromatic heterocycles. The maximum Gasteiger partial charge on any atom is 0.328 e. The number of rotatable bonds is 8. The van der Waals surface area contributed by atoms with Crippen LogP contribution < -0.4 is 15.5 Å². The summed E-state index contributed by atoms with van der Waals surface area (Å²) in [5, 5.41) is 10.7. The first kappa shape index (κ1) is 18.9. The molecule has 9 heteroatoms. The van der Waals surface area contributed by atoms with Gasteiger partial charge in [-0.15, -0.1) is 0 Å². The van der Waals surface area contributed by atoms with E-state index >= 15 is 0 Å². The van der Waals surface area contributed by atoms with Crippen molar-refractivity contribution in [3.63, 3.8) is 0 Å². The van der Waals surface area contributed by atoms with Gasteiger partial charge in [-0.2, -0.15) is 0 Å². The molecule has 0 aliphatic rings. The van der Waals surface area contributed by atoms with Gasteiger partial charge >= 0.3 is 6.03 Å². The Morgan fingerprint density at radius 3 is 2.35 bits per heavy atom. The predicted molar refractivity (Wildman–Crippen MR) is 83.3 cm³/mol. The molecule has 0 aliphatic heterocycles. The highest BCUT2D eigenvalue weighted by molar-refractivity contribution is 7.90. The molecule has 0 saturated heterocycles. The Bertz CT molecular complexity index is 628. The molecular formula is C14H21N3O5S. The predicted octanol–water partition coefficient (Wildman–Crippen LogP) is 1.05. The van der Waals surface area contributed by atoms with Gasteiger partial charge < -0.3 is 5.32 Å². The highest BCUT2D eigenvalue weighted by Gasteiger charge is 2.16. The smallest absolute Gasteiger partial charge is 0.328 e. The van der Waals surface area contributed by atoms with E-state index in [1.54, 1.807) is 12.1 Å². The number of carbonyl (C=O) groups is 2. The molecular weight excluding hydrogens is 322 g/mol. The largest absolute Gasteiger partial charge is 0.337 e. The second-order valence-electron chi connectivity index (χ2n) is 5.02. The molecule has 1 aromatic rings. The van der Waals surface area contributed by atoms with Crippen LogP contribution in [0.5, 0.6) is 0 Å². The number of nitrogens with one attached hydrogen (secondary N) is 3. The molecule has 0 saturated carbocycles. The van der Waals surface area contributed by atoms with Crippen molar-refractivity contribution < 1.29 is 23.2 Å². The molecule has 4 N–H and O–H groups in total. The summed E-state index contributed by atoms with van der Waals surface area (Å²) < 4.78 is 25.8. The monoisotopic (exact) mass is 343 g/mol. The third-order valence-electron chi connectivity index (χ3n) is 3.05. The van der Waals surface area contributed by atoms with Crippen molar-refractivity contribution >= 4 is 22.0 Å². The number of hydrogen-bond donors (Lipinski definition) is 4. The molecule has 8 nitrogen and oxygen atoms in total. The van der Waals surface area contributed by atoms with Gasteiger partial charge in [0.05, 0.1) is 4.90 Å². The molecule has 0 atom stereocenters. The summed E-state index contributed by atoms with van der Waals surface area (Å²) in [5.41, 5.74) is 2.45. The fourth-order valence-electron chi connectivity index (χ4n) is 1.78. The van der Waals surface area contributed by atoms with Crippen LogP contribution in [0.4, 0.5) is 4.79 Å². The minimum absolute atomic E-state index is 0.0215. The molecule has 128 valence electrons. The third kappa shape index (κ3) is 7.11. The molecule has 0 fully saturated rings. The van der Waals surface area contributed by atoms with Gasteiger partial charge in [0, 0.05) is 13.0 Å². The van der Waals surface area contributed by atoms with Crippen LogP contribution in [0.1, 0.15) is 31.2 Å². The zero-order valence-corrected chi connectivity index (χ0v) is 13.6. The Hall–Kier alpha value is -2.13. The molecule has 0 bridgehead atoms. The SMILES string of the molecule is Cc1ccc(S(=O)(=O)NC(=O)NCCCCCC(=O)NO)cc1. The van der Waals surface area contributed by atoms with E-state index in [-0.39, 0.29) is 17.9 Å². The van der Waals surface area contributed by atoms with Gasteiger partial charge in [-0.25, -0.2) is 23.4 Å². The highest BCUT2D eigenvalue weighted by Crippen LogP contribution is 2.09. The van der Waals surface area contributed by atoms with Gasteiger partial charge in [0.1, 0.15) is 0 Å². The minimum atomic E-state index is -3.88. The van der Waals surface area contributed by atoms with Gasteiger partial charge in [-0.1, -0.05) is 24.1 Å². The Morgan fingerprint density at radius 1 is 1.09 bits per heavy atom. The van der Waals surface area contributed by atoms with Gasteiger partial charge in [-0.05, 0) is 31.9 Å². The summed E-state index contributed by atoms with van der Waals surface area (Å²) in [5.74, 6) is -0.458. The normalized spacial score (nSPS) is 10.9. The van der Waals surface area contributed by atoms with E-state index in [2.05, 4.69) is 5.32 Å². The first-order valence-corrected chi connectivity index (χ1v) is 8.64. The third-order valence-corrected chi connectivity index (χ3v) is 4.40. The van der Waals surface area contributed by atoms with Crippen LogP contribution in [0.15, 0.2) is 29.2 Å². The summed E-state index contributed by atoms with van der Waals surface area (Å²) in [6, 6.07) is 5.36. The summed E-state index contributed by atoms with van der Waals surface area (Å²) >= 11 is 0. The lowest BCUT2D eigenvalue weighted by Crippen LogP contribution is -2.39. The molecule has 0 spiro atoms. The number of unbranched alkanes of at least 4 members (excludes halogenated alkanes) is 2. The molecule has 3 amide bonds. The second kappa shape index (κ2) is 9.11. The summed E-state index contributed by atoms with van der Waals surface area (Å²) in [7, 11) is -3.88. The number of benzene rings is 1. The maximum absolute atomic E-state index is 12.0. The van der Waals surface area contributed by atoms with E-state index in [1.165, 1.54) is 17.6 Å². The quantitative estimate of drug-likeness (QED) is 0.319. The van der Waals surface area contributed by atoms with Crippen LogP contribution in [-0.2, 0) is 14.8 Å². The van der Waals surface area contributed by atoms with Crippen molar-refractivity contribution in [2.75, 3.05) is 6.54 Å². The number of carbonyl (C=O) groups excluding carboxylic acids is 2. The van der Waals surface area contributed by atoms with Gasteiger partial charge in [0.2, 0.25) is 5.91 Å². The zero-order chi connectivity index (χ0) is 17.3. The highest BCUT2D eigenvalue weighted by atomic mass is 32.2. The lowest BCUT2D eigenvalue weighted by molar-refractivity contribution is -0.129. The van der Waals surface area contributed by atoms with Crippen molar-refractivity contribution in [2.45, 2.75) is 37.5 Å². The number of aryl methyl sites for hydroxylation is 1. The van der Waals surface area contributed by atoms with Crippen LogP contribution in [0, 0.1) is 6.92 Å². The Kier molecular flexibility index (Phi) is 7.49. The molecule has 1 aromatic carbocycles. The van der Waals surface area contributed by atoms with Gasteiger partial charge in [-0.3, -0.25) is 10.0 Å². The first-order valence-electron chi connectivity index (χ1n) is 7.15. The summed E-state index contributed by atoms with van der Waals surface area (Å²) in [6.45, 7) is 2.12. The van der Waals surface area contributed by atoms with Crippen LogP contribution in [0.2, 0.25) is 0 Å². The van der Waals surface area contributed by atoms with Crippen molar-refractivity contribution in [2.24, 2.45) is 0 Å². The number of sulfonamides is 1. The van der Waals surface area contributed by atoms with Crippen molar-refractivity contribution in [3.8, 4) is 0 Å². The average molecular weight is 343 g/mol. The first-order chi connectivity index (χ1) is 10.8. The molecule has 23 heavy (non-hydrogen) atoms. The lowest BCUT2D eigenvalue weighted by Gasteiger charge is -2.08. The minimum Gasteiger partial charge on any atom is -0.337 e. The second-order valence-corrected chi connectivity index (χ2v) is 6.70. The van der Waals surface area contributed by atoms with E-state index in [0.29, 0.717) is 19.3 Å². The maximum atomic E-state index is 12.0. The lowest BCUT2D eigenvalue weighted by atomic mass is 10.2. The molecule has 0 radical (unpaired) electrons. The van der Waals surface area contributed by atoms with Crippen LogP contribution in [0.25, 0.3) is 0 Å². The van der Waals surface area contributed by atoms with Crippen LogP contribution >= 0.6 is 0 Å². The van der Waals surface area contributed by atoms with Gasteiger partial charge in [0.15, 0.2) is 0 Å². The number of amides is 3. The Balaban J connectivity index is 2.30. The fraction of sp³-hybridized carbons (Fsp3) is 0.429. The van der Waals surface area contributed by atoms with Gasteiger partial charge in [0.25, 0.3) is 10.0 Å². The number of urea groups is 1.